The van der Waals surface area contributed by atoms with Gasteiger partial charge < -0.3 is 15.0 Å². The van der Waals surface area contributed by atoms with Crippen molar-refractivity contribution < 1.29 is 4.74 Å². The molecule has 1 aliphatic rings. The van der Waals surface area contributed by atoms with Crippen molar-refractivity contribution in [3.8, 4) is 5.88 Å². The second-order valence-corrected chi connectivity index (χ2v) is 4.67. The molecule has 0 spiro atoms. The van der Waals surface area contributed by atoms with Crippen molar-refractivity contribution in [2.45, 2.75) is 0 Å². The summed E-state index contributed by atoms with van der Waals surface area (Å²) < 4.78 is 6.33. The molecule has 1 aromatic rings. The fraction of sp³-hybridized carbons (Fsp3) is 0.500. The summed E-state index contributed by atoms with van der Waals surface area (Å²) in [7, 11) is 1.65. The number of pyridine rings is 1. The Labute approximate surface area is 103 Å². The molecule has 0 unspecified atom stereocenters. The number of hydrogen-bond acceptors (Lipinski definition) is 4. The van der Waals surface area contributed by atoms with Crippen LogP contribution < -0.4 is 15.0 Å². The third-order valence-electron chi connectivity index (χ3n) is 2.40. The molecule has 0 atom stereocenters. The van der Waals surface area contributed by atoms with Gasteiger partial charge in [0.2, 0.25) is 5.88 Å². The highest BCUT2D eigenvalue weighted by Crippen LogP contribution is 2.20. The van der Waals surface area contributed by atoms with Crippen molar-refractivity contribution in [3.63, 3.8) is 0 Å². The maximum absolute atomic E-state index is 5.17. The lowest BCUT2D eigenvalue weighted by Gasteiger charge is -2.28. The van der Waals surface area contributed by atoms with Crippen molar-refractivity contribution in [3.05, 3.63) is 15.7 Å². The minimum atomic E-state index is 0.690. The van der Waals surface area contributed by atoms with Crippen molar-refractivity contribution in [2.24, 2.45) is 0 Å². The van der Waals surface area contributed by atoms with E-state index in [4.69, 9.17) is 4.74 Å². The van der Waals surface area contributed by atoms with E-state index in [-0.39, 0.29) is 0 Å². The summed E-state index contributed by atoms with van der Waals surface area (Å²) in [5.41, 5.74) is 0. The van der Waals surface area contributed by atoms with Gasteiger partial charge in [-0.15, -0.1) is 0 Å². The molecule has 2 heterocycles. The molecule has 0 bridgehead atoms. The second kappa shape index (κ2) is 4.98. The molecule has 0 aliphatic carbocycles. The Bertz CT molecular complexity index is 339. The second-order valence-electron chi connectivity index (χ2n) is 3.42. The molecule has 1 aromatic heterocycles. The zero-order valence-corrected chi connectivity index (χ0v) is 10.8. The van der Waals surface area contributed by atoms with Gasteiger partial charge in [-0.1, -0.05) is 0 Å². The molecule has 5 heteroatoms. The highest BCUT2D eigenvalue weighted by atomic mass is 127. The number of hydrogen-bond donors (Lipinski definition) is 1. The molecule has 0 saturated carbocycles. The van der Waals surface area contributed by atoms with E-state index in [2.05, 4.69) is 43.9 Å². The average Bonchev–Trinajstić information content (AvgIpc) is 2.29. The summed E-state index contributed by atoms with van der Waals surface area (Å²) >= 11 is 2.29. The van der Waals surface area contributed by atoms with Gasteiger partial charge in [0.05, 0.1) is 7.11 Å². The molecular formula is C10H14IN3O. The number of ether oxygens (including phenoxy) is 1. The first-order valence-corrected chi connectivity index (χ1v) is 6.05. The molecule has 4 nitrogen and oxygen atoms in total. The lowest BCUT2D eigenvalue weighted by atomic mass is 10.3. The van der Waals surface area contributed by atoms with Gasteiger partial charge >= 0.3 is 0 Å². The maximum atomic E-state index is 5.17. The Kier molecular flexibility index (Phi) is 3.63. The molecule has 1 fully saturated rings. The number of halogens is 1. The Morgan fingerprint density at radius 3 is 2.80 bits per heavy atom. The van der Waals surface area contributed by atoms with Crippen LogP contribution >= 0.6 is 22.6 Å². The highest BCUT2D eigenvalue weighted by molar-refractivity contribution is 14.1. The van der Waals surface area contributed by atoms with Gasteiger partial charge in [0.25, 0.3) is 0 Å². The van der Waals surface area contributed by atoms with Crippen LogP contribution in [0, 0.1) is 3.57 Å². The van der Waals surface area contributed by atoms with Gasteiger partial charge in [-0.05, 0) is 28.7 Å². The van der Waals surface area contributed by atoms with Crippen LogP contribution in [-0.4, -0.2) is 38.3 Å². The predicted octanol–water partition coefficient (Wildman–Crippen LogP) is 1.10. The monoisotopic (exact) mass is 319 g/mol. The molecule has 1 aliphatic heterocycles. The van der Waals surface area contributed by atoms with E-state index in [1.54, 1.807) is 7.11 Å². The third kappa shape index (κ3) is 2.72. The van der Waals surface area contributed by atoms with Crippen LogP contribution in [-0.2, 0) is 0 Å². The van der Waals surface area contributed by atoms with Gasteiger partial charge in [-0.25, -0.2) is 0 Å². The zero-order chi connectivity index (χ0) is 10.7. The van der Waals surface area contributed by atoms with Crippen LogP contribution in [0.5, 0.6) is 5.88 Å². The summed E-state index contributed by atoms with van der Waals surface area (Å²) in [6, 6.07) is 4.03. The fourth-order valence-electron chi connectivity index (χ4n) is 1.62. The van der Waals surface area contributed by atoms with Crippen molar-refractivity contribution >= 4 is 28.4 Å². The molecule has 0 aromatic carbocycles. The van der Waals surface area contributed by atoms with Crippen molar-refractivity contribution in [1.82, 2.24) is 10.3 Å². The van der Waals surface area contributed by atoms with Gasteiger partial charge in [0.1, 0.15) is 5.82 Å². The number of rotatable bonds is 2. The number of aromatic nitrogens is 1. The van der Waals surface area contributed by atoms with Crippen LogP contribution in [0.25, 0.3) is 0 Å². The van der Waals surface area contributed by atoms with E-state index in [1.807, 2.05) is 6.07 Å². The summed E-state index contributed by atoms with van der Waals surface area (Å²) in [5.74, 6) is 1.70. The number of nitrogens with zero attached hydrogens (tertiary/aromatic N) is 2. The fourth-order valence-corrected chi connectivity index (χ4v) is 2.17. The van der Waals surface area contributed by atoms with Crippen LogP contribution in [0.4, 0.5) is 5.82 Å². The number of piperazine rings is 1. The number of methoxy groups -OCH3 is 1. The van der Waals surface area contributed by atoms with E-state index in [0.717, 1.165) is 35.6 Å². The van der Waals surface area contributed by atoms with E-state index >= 15 is 0 Å². The highest BCUT2D eigenvalue weighted by Gasteiger charge is 2.12. The van der Waals surface area contributed by atoms with E-state index in [0.29, 0.717) is 5.88 Å². The van der Waals surface area contributed by atoms with Gasteiger partial charge in [-0.2, -0.15) is 4.98 Å². The Morgan fingerprint density at radius 1 is 1.40 bits per heavy atom. The zero-order valence-electron chi connectivity index (χ0n) is 8.66. The summed E-state index contributed by atoms with van der Waals surface area (Å²) in [5, 5.41) is 3.33. The van der Waals surface area contributed by atoms with Crippen LogP contribution in [0.3, 0.4) is 0 Å². The Balaban J connectivity index is 2.22. The van der Waals surface area contributed by atoms with E-state index in [9.17, 15) is 0 Å². The van der Waals surface area contributed by atoms with E-state index < -0.39 is 0 Å². The summed E-state index contributed by atoms with van der Waals surface area (Å²) in [6.07, 6.45) is 0. The number of nitrogens with one attached hydrogen (secondary N) is 1. The lowest BCUT2D eigenvalue weighted by molar-refractivity contribution is 0.397. The SMILES string of the molecule is COc1cc(I)cc(N2CCNCC2)n1. The van der Waals surface area contributed by atoms with Crippen LogP contribution in [0.2, 0.25) is 0 Å². The summed E-state index contributed by atoms with van der Waals surface area (Å²) in [6.45, 7) is 4.07. The molecule has 1 N–H and O–H groups in total. The average molecular weight is 319 g/mol. The van der Waals surface area contributed by atoms with Crippen molar-refractivity contribution in [2.75, 3.05) is 38.2 Å². The smallest absolute Gasteiger partial charge is 0.215 e. The van der Waals surface area contributed by atoms with E-state index in [1.165, 1.54) is 0 Å². The first-order valence-electron chi connectivity index (χ1n) is 4.97. The predicted molar refractivity (Wildman–Crippen MR) is 68.6 cm³/mol. The number of anilines is 1. The van der Waals surface area contributed by atoms with Gasteiger partial charge in [-0.3, -0.25) is 0 Å². The minimum absolute atomic E-state index is 0.690. The van der Waals surface area contributed by atoms with Crippen LogP contribution in [0.1, 0.15) is 0 Å². The Morgan fingerprint density at radius 2 is 2.13 bits per heavy atom. The lowest BCUT2D eigenvalue weighted by Crippen LogP contribution is -2.43. The molecular weight excluding hydrogens is 305 g/mol. The Hall–Kier alpha value is -0.560. The largest absolute Gasteiger partial charge is 0.481 e. The molecule has 0 radical (unpaired) electrons. The van der Waals surface area contributed by atoms with Gasteiger partial charge in [0.15, 0.2) is 0 Å². The van der Waals surface area contributed by atoms with Crippen LogP contribution in [0.15, 0.2) is 12.1 Å². The quantitative estimate of drug-likeness (QED) is 0.829. The molecule has 2 rings (SSSR count). The van der Waals surface area contributed by atoms with Crippen molar-refractivity contribution in [1.29, 1.82) is 0 Å². The first kappa shape index (κ1) is 10.9. The summed E-state index contributed by atoms with van der Waals surface area (Å²) in [4.78, 5) is 6.73. The third-order valence-corrected chi connectivity index (χ3v) is 3.03. The van der Waals surface area contributed by atoms with Gasteiger partial charge in [0, 0.05) is 35.8 Å². The first-order chi connectivity index (χ1) is 7.29. The maximum Gasteiger partial charge on any atom is 0.215 e. The normalized spacial score (nSPS) is 16.5. The minimum Gasteiger partial charge on any atom is -0.481 e. The molecule has 1 saturated heterocycles. The molecule has 82 valence electrons. The molecule has 15 heavy (non-hydrogen) atoms. The topological polar surface area (TPSA) is 37.4 Å². The molecule has 0 amide bonds. The standard InChI is InChI=1S/C10H14IN3O/c1-15-10-7-8(11)6-9(13-10)14-4-2-12-3-5-14/h6-7,12H,2-5H2,1H3.